The van der Waals surface area contributed by atoms with E-state index in [-0.39, 0.29) is 12.5 Å². The molecular weight excluding hydrogens is 352 g/mol. The number of amides is 1. The average Bonchev–Trinajstić information content (AvgIpc) is 3.16. The van der Waals surface area contributed by atoms with Crippen molar-refractivity contribution in [2.45, 2.75) is 26.0 Å². The van der Waals surface area contributed by atoms with Crippen LogP contribution in [0.1, 0.15) is 40.1 Å². The van der Waals surface area contributed by atoms with Crippen LogP contribution in [0.3, 0.4) is 0 Å². The van der Waals surface area contributed by atoms with E-state index in [1.807, 2.05) is 55.8 Å². The molecule has 0 aliphatic carbocycles. The van der Waals surface area contributed by atoms with Gasteiger partial charge in [0.2, 0.25) is 0 Å². The van der Waals surface area contributed by atoms with Crippen molar-refractivity contribution in [1.82, 2.24) is 15.1 Å². The fourth-order valence-corrected chi connectivity index (χ4v) is 2.89. The quantitative estimate of drug-likeness (QED) is 0.563. The van der Waals surface area contributed by atoms with Gasteiger partial charge in [0.05, 0.1) is 12.3 Å². The van der Waals surface area contributed by atoms with Crippen molar-refractivity contribution in [3.8, 4) is 0 Å². The highest BCUT2D eigenvalue weighted by Gasteiger charge is 2.11. The zero-order chi connectivity index (χ0) is 19.9. The van der Waals surface area contributed by atoms with Crippen molar-refractivity contribution in [1.29, 1.82) is 0 Å². The number of aromatic nitrogens is 2. The van der Waals surface area contributed by atoms with Crippen LogP contribution in [-0.4, -0.2) is 27.3 Å². The summed E-state index contributed by atoms with van der Waals surface area (Å²) in [6.07, 6.45) is 4.00. The molecule has 1 atom stereocenters. The summed E-state index contributed by atoms with van der Waals surface area (Å²) in [5, 5.41) is 20.5. The number of nitrogens with one attached hydrogen (secondary N) is 2. The fraction of sp³-hybridized carbons (Fsp3) is 0.273. The van der Waals surface area contributed by atoms with Crippen LogP contribution < -0.4 is 10.6 Å². The van der Waals surface area contributed by atoms with Crippen molar-refractivity contribution >= 4 is 11.6 Å². The molecule has 146 valence electrons. The summed E-state index contributed by atoms with van der Waals surface area (Å²) < 4.78 is 1.76. The molecule has 0 aliphatic heterocycles. The second kappa shape index (κ2) is 9.19. The smallest absolute Gasteiger partial charge is 0.251 e. The van der Waals surface area contributed by atoms with Gasteiger partial charge in [0, 0.05) is 43.1 Å². The van der Waals surface area contributed by atoms with E-state index in [1.165, 1.54) is 5.56 Å². The third kappa shape index (κ3) is 5.20. The van der Waals surface area contributed by atoms with E-state index >= 15 is 0 Å². The molecule has 0 spiro atoms. The molecule has 0 saturated carbocycles. The molecule has 2 aromatic carbocycles. The van der Waals surface area contributed by atoms with Gasteiger partial charge >= 0.3 is 0 Å². The molecule has 0 aliphatic rings. The maximum atomic E-state index is 12.3. The maximum Gasteiger partial charge on any atom is 0.251 e. The third-order valence-corrected chi connectivity index (χ3v) is 4.63. The van der Waals surface area contributed by atoms with Gasteiger partial charge in [-0.3, -0.25) is 9.48 Å². The number of benzene rings is 2. The third-order valence-electron chi connectivity index (χ3n) is 4.63. The van der Waals surface area contributed by atoms with Crippen LogP contribution in [0.15, 0.2) is 60.9 Å². The molecule has 0 radical (unpaired) electrons. The van der Waals surface area contributed by atoms with Gasteiger partial charge < -0.3 is 15.7 Å². The van der Waals surface area contributed by atoms with Crippen LogP contribution in [0.4, 0.5) is 5.69 Å². The lowest BCUT2D eigenvalue weighted by Crippen LogP contribution is -2.28. The first-order valence-electron chi connectivity index (χ1n) is 9.41. The summed E-state index contributed by atoms with van der Waals surface area (Å²) in [6.45, 7) is 2.93. The predicted octanol–water partition coefficient (Wildman–Crippen LogP) is 3.06. The van der Waals surface area contributed by atoms with Crippen molar-refractivity contribution < 1.29 is 9.90 Å². The molecule has 1 amide bonds. The van der Waals surface area contributed by atoms with Gasteiger partial charge in [-0.05, 0) is 41.8 Å². The van der Waals surface area contributed by atoms with Gasteiger partial charge in [-0.25, -0.2) is 0 Å². The van der Waals surface area contributed by atoms with Crippen LogP contribution >= 0.6 is 0 Å². The second-order valence-corrected chi connectivity index (χ2v) is 6.77. The molecule has 3 aromatic rings. The van der Waals surface area contributed by atoms with Crippen LogP contribution in [0, 0.1) is 0 Å². The first-order chi connectivity index (χ1) is 13.5. The van der Waals surface area contributed by atoms with Crippen LogP contribution in [0.5, 0.6) is 0 Å². The van der Waals surface area contributed by atoms with Crippen LogP contribution in [0.25, 0.3) is 0 Å². The Kier molecular flexibility index (Phi) is 6.45. The van der Waals surface area contributed by atoms with E-state index in [9.17, 15) is 9.90 Å². The maximum absolute atomic E-state index is 12.3. The molecule has 3 N–H and O–H groups in total. The minimum absolute atomic E-state index is 0.172. The highest BCUT2D eigenvalue weighted by atomic mass is 16.3. The van der Waals surface area contributed by atoms with E-state index < -0.39 is 6.10 Å². The molecule has 1 heterocycles. The number of anilines is 1. The number of carbonyl (C=O) groups is 1. The van der Waals surface area contributed by atoms with Crippen molar-refractivity contribution in [2.24, 2.45) is 7.05 Å². The molecule has 6 nitrogen and oxygen atoms in total. The van der Waals surface area contributed by atoms with Gasteiger partial charge in [0.25, 0.3) is 5.91 Å². The second-order valence-electron chi connectivity index (χ2n) is 6.77. The largest absolute Gasteiger partial charge is 0.387 e. The molecule has 0 saturated heterocycles. The van der Waals surface area contributed by atoms with Crippen molar-refractivity contribution in [2.75, 3.05) is 11.9 Å². The Morgan fingerprint density at radius 3 is 2.43 bits per heavy atom. The van der Waals surface area contributed by atoms with E-state index in [0.29, 0.717) is 12.1 Å². The first-order valence-corrected chi connectivity index (χ1v) is 9.41. The summed E-state index contributed by atoms with van der Waals surface area (Å²) >= 11 is 0. The minimum atomic E-state index is -0.727. The molecule has 3 rings (SSSR count). The number of carbonyl (C=O) groups excluding carboxylic acids is 1. The lowest BCUT2D eigenvalue weighted by atomic mass is 10.1. The normalized spacial score (nSPS) is 11.8. The zero-order valence-corrected chi connectivity index (χ0v) is 16.2. The van der Waals surface area contributed by atoms with E-state index in [0.717, 1.165) is 23.2 Å². The van der Waals surface area contributed by atoms with E-state index in [1.54, 1.807) is 16.8 Å². The lowest BCUT2D eigenvalue weighted by Gasteiger charge is -2.13. The molecule has 28 heavy (non-hydrogen) atoms. The highest BCUT2D eigenvalue weighted by Crippen LogP contribution is 2.14. The number of hydrogen-bond donors (Lipinski definition) is 3. The molecule has 1 aromatic heterocycles. The van der Waals surface area contributed by atoms with E-state index in [4.69, 9.17) is 0 Å². The molecule has 1 unspecified atom stereocenters. The first kappa shape index (κ1) is 19.6. The standard InChI is InChI=1S/C22H26N4O2/c1-3-16-4-6-18(7-5-16)21(27)14-24-22(28)19-8-10-20(11-9-19)23-12-17-13-25-26(2)15-17/h4-11,13,15,21,23,27H,3,12,14H2,1-2H3,(H,24,28). The fourth-order valence-electron chi connectivity index (χ4n) is 2.89. The van der Waals surface area contributed by atoms with Gasteiger partial charge in [0.1, 0.15) is 0 Å². The monoisotopic (exact) mass is 378 g/mol. The summed E-state index contributed by atoms with van der Waals surface area (Å²) in [7, 11) is 1.88. The van der Waals surface area contributed by atoms with E-state index in [2.05, 4.69) is 22.7 Å². The average molecular weight is 378 g/mol. The summed E-state index contributed by atoms with van der Waals surface area (Å²) in [5.74, 6) is -0.206. The number of aliphatic hydroxyl groups is 1. The van der Waals surface area contributed by atoms with Crippen LogP contribution in [0.2, 0.25) is 0 Å². The zero-order valence-electron chi connectivity index (χ0n) is 16.2. The van der Waals surface area contributed by atoms with Crippen molar-refractivity contribution in [3.63, 3.8) is 0 Å². The number of aryl methyl sites for hydroxylation is 2. The summed E-state index contributed by atoms with van der Waals surface area (Å²) in [6, 6.07) is 15.1. The number of nitrogens with zero attached hydrogens (tertiary/aromatic N) is 2. The Morgan fingerprint density at radius 1 is 1.11 bits per heavy atom. The summed E-state index contributed by atoms with van der Waals surface area (Å²) in [4.78, 5) is 12.3. The SMILES string of the molecule is CCc1ccc(C(O)CNC(=O)c2ccc(NCc3cnn(C)c3)cc2)cc1. The Bertz CT molecular complexity index is 901. The number of rotatable bonds is 8. The highest BCUT2D eigenvalue weighted by molar-refractivity contribution is 5.94. The Balaban J connectivity index is 1.49. The molecule has 6 heteroatoms. The molecule has 0 bridgehead atoms. The van der Waals surface area contributed by atoms with Crippen LogP contribution in [-0.2, 0) is 20.0 Å². The predicted molar refractivity (Wildman–Crippen MR) is 110 cm³/mol. The number of aliphatic hydroxyl groups excluding tert-OH is 1. The Hall–Kier alpha value is -3.12. The molecule has 0 fully saturated rings. The summed E-state index contributed by atoms with van der Waals surface area (Å²) in [5.41, 5.74) is 4.59. The van der Waals surface area contributed by atoms with Gasteiger partial charge in [0.15, 0.2) is 0 Å². The van der Waals surface area contributed by atoms with Gasteiger partial charge in [-0.2, -0.15) is 5.10 Å². The van der Waals surface area contributed by atoms with Gasteiger partial charge in [-0.1, -0.05) is 31.2 Å². The van der Waals surface area contributed by atoms with Gasteiger partial charge in [-0.15, -0.1) is 0 Å². The molecular formula is C22H26N4O2. The Labute approximate surface area is 165 Å². The Morgan fingerprint density at radius 2 is 1.82 bits per heavy atom. The topological polar surface area (TPSA) is 79.2 Å². The lowest BCUT2D eigenvalue weighted by molar-refractivity contribution is 0.0916. The minimum Gasteiger partial charge on any atom is -0.387 e. The van der Waals surface area contributed by atoms with Crippen molar-refractivity contribution in [3.05, 3.63) is 83.2 Å². The number of hydrogen-bond acceptors (Lipinski definition) is 4.